The average Bonchev–Trinajstić information content (AvgIpc) is 3.00. The second-order valence-corrected chi connectivity index (χ2v) is 5.47. The van der Waals surface area contributed by atoms with Crippen LogP contribution in [0.3, 0.4) is 0 Å². The smallest absolute Gasteiger partial charge is 0.214 e. The molecule has 14 heavy (non-hydrogen) atoms. The van der Waals surface area contributed by atoms with Gasteiger partial charge in [-0.2, -0.15) is 0 Å². The minimum atomic E-state index is -3.06. The van der Waals surface area contributed by atoms with Crippen molar-refractivity contribution in [3.63, 3.8) is 0 Å². The second kappa shape index (κ2) is 3.67. The summed E-state index contributed by atoms with van der Waals surface area (Å²) in [5.41, 5.74) is 0.934. The Kier molecular flexibility index (Phi) is 2.52. The summed E-state index contributed by atoms with van der Waals surface area (Å²) in [4.78, 5) is 3.86. The molecule has 0 saturated heterocycles. The molecule has 0 amide bonds. The Balaban J connectivity index is 1.94. The summed E-state index contributed by atoms with van der Waals surface area (Å²) < 4.78 is 25.5. The van der Waals surface area contributed by atoms with E-state index in [4.69, 9.17) is 0 Å². The maximum absolute atomic E-state index is 11.4. The number of nitrogens with one attached hydrogen (secondary N) is 1. The van der Waals surface area contributed by atoms with Crippen molar-refractivity contribution in [2.75, 3.05) is 0 Å². The summed E-state index contributed by atoms with van der Waals surface area (Å²) in [6.45, 7) is 0.362. The molecule has 76 valence electrons. The zero-order chi connectivity index (χ0) is 10.0. The van der Waals surface area contributed by atoms with Crippen LogP contribution < -0.4 is 4.72 Å². The largest absolute Gasteiger partial charge is 0.265 e. The van der Waals surface area contributed by atoms with Crippen LogP contribution >= 0.6 is 0 Å². The van der Waals surface area contributed by atoms with Gasteiger partial charge in [-0.3, -0.25) is 4.98 Å². The third kappa shape index (κ3) is 2.30. The maximum Gasteiger partial charge on any atom is 0.214 e. The molecule has 0 bridgehead atoms. The van der Waals surface area contributed by atoms with Crippen LogP contribution in [-0.2, 0) is 16.6 Å². The summed E-state index contributed by atoms with van der Waals surface area (Å²) in [6.07, 6.45) is 4.90. The quantitative estimate of drug-likeness (QED) is 0.797. The molecule has 0 radical (unpaired) electrons. The maximum atomic E-state index is 11.4. The van der Waals surface area contributed by atoms with Crippen LogP contribution in [0.2, 0.25) is 0 Å². The van der Waals surface area contributed by atoms with Gasteiger partial charge in [0.2, 0.25) is 10.0 Å². The third-order valence-corrected chi connectivity index (χ3v) is 4.09. The van der Waals surface area contributed by atoms with Gasteiger partial charge < -0.3 is 0 Å². The van der Waals surface area contributed by atoms with E-state index in [0.29, 0.717) is 6.54 Å². The van der Waals surface area contributed by atoms with Crippen molar-refractivity contribution in [1.29, 1.82) is 0 Å². The van der Waals surface area contributed by atoms with Gasteiger partial charge in [-0.25, -0.2) is 13.1 Å². The fourth-order valence-corrected chi connectivity index (χ4v) is 2.54. The molecular formula is C9H12N2O2S. The molecule has 1 fully saturated rings. The molecule has 0 unspecified atom stereocenters. The lowest BCUT2D eigenvalue weighted by molar-refractivity contribution is 0.580. The first-order valence-corrected chi connectivity index (χ1v) is 6.10. The van der Waals surface area contributed by atoms with Crippen molar-refractivity contribution >= 4 is 10.0 Å². The van der Waals surface area contributed by atoms with E-state index in [0.717, 1.165) is 18.4 Å². The van der Waals surface area contributed by atoms with Crippen LogP contribution in [0.4, 0.5) is 0 Å². The van der Waals surface area contributed by atoms with Crippen LogP contribution in [-0.4, -0.2) is 18.7 Å². The van der Waals surface area contributed by atoms with Gasteiger partial charge in [0.1, 0.15) is 0 Å². The molecule has 1 aliphatic rings. The Labute approximate surface area is 83.4 Å². The zero-order valence-corrected chi connectivity index (χ0v) is 8.50. The molecule has 1 saturated carbocycles. The summed E-state index contributed by atoms with van der Waals surface area (Å²) >= 11 is 0. The van der Waals surface area contributed by atoms with E-state index in [9.17, 15) is 8.42 Å². The van der Waals surface area contributed by atoms with Crippen LogP contribution in [0.15, 0.2) is 24.5 Å². The van der Waals surface area contributed by atoms with Crippen LogP contribution in [0.25, 0.3) is 0 Å². The first kappa shape index (κ1) is 9.61. The van der Waals surface area contributed by atoms with E-state index in [-0.39, 0.29) is 5.25 Å². The predicted molar refractivity (Wildman–Crippen MR) is 53.0 cm³/mol. The number of aromatic nitrogens is 1. The predicted octanol–water partition coefficient (Wildman–Crippen LogP) is 0.663. The molecule has 0 aliphatic heterocycles. The highest BCUT2D eigenvalue weighted by Crippen LogP contribution is 2.27. The Morgan fingerprint density at radius 2 is 2.00 bits per heavy atom. The molecule has 0 atom stereocenters. The second-order valence-electron chi connectivity index (χ2n) is 3.42. The topological polar surface area (TPSA) is 59.1 Å². The Hall–Kier alpha value is -0.940. The van der Waals surface area contributed by atoms with Gasteiger partial charge in [-0.1, -0.05) is 0 Å². The van der Waals surface area contributed by atoms with E-state index in [1.54, 1.807) is 24.5 Å². The molecule has 1 aromatic heterocycles. The van der Waals surface area contributed by atoms with Crippen molar-refractivity contribution < 1.29 is 8.42 Å². The summed E-state index contributed by atoms with van der Waals surface area (Å²) in [5.74, 6) is 0. The summed E-state index contributed by atoms with van der Waals surface area (Å²) in [5, 5.41) is -0.149. The van der Waals surface area contributed by atoms with E-state index in [1.807, 2.05) is 0 Å². The first-order valence-electron chi connectivity index (χ1n) is 4.56. The van der Waals surface area contributed by atoms with Crippen molar-refractivity contribution in [3.8, 4) is 0 Å². The van der Waals surface area contributed by atoms with Crippen molar-refractivity contribution in [2.24, 2.45) is 0 Å². The molecule has 1 aromatic rings. The molecule has 2 rings (SSSR count). The number of nitrogens with zero attached hydrogens (tertiary/aromatic N) is 1. The first-order chi connectivity index (χ1) is 6.68. The van der Waals surface area contributed by atoms with Gasteiger partial charge in [0.25, 0.3) is 0 Å². The lowest BCUT2D eigenvalue weighted by Crippen LogP contribution is -2.26. The molecule has 0 spiro atoms. The Morgan fingerprint density at radius 3 is 2.57 bits per heavy atom. The Morgan fingerprint density at radius 1 is 1.36 bits per heavy atom. The van der Waals surface area contributed by atoms with Crippen LogP contribution in [0.5, 0.6) is 0 Å². The van der Waals surface area contributed by atoms with Gasteiger partial charge in [0, 0.05) is 18.9 Å². The lowest BCUT2D eigenvalue weighted by atomic mass is 10.3. The normalized spacial score (nSPS) is 16.9. The number of hydrogen-bond donors (Lipinski definition) is 1. The van der Waals surface area contributed by atoms with Gasteiger partial charge in [0.05, 0.1) is 5.25 Å². The van der Waals surface area contributed by atoms with E-state index >= 15 is 0 Å². The van der Waals surface area contributed by atoms with Gasteiger partial charge in [0.15, 0.2) is 0 Å². The van der Waals surface area contributed by atoms with Crippen molar-refractivity contribution in [1.82, 2.24) is 9.71 Å². The molecule has 4 nitrogen and oxygen atoms in total. The highest BCUT2D eigenvalue weighted by Gasteiger charge is 2.35. The van der Waals surface area contributed by atoms with Crippen molar-refractivity contribution in [2.45, 2.75) is 24.6 Å². The van der Waals surface area contributed by atoms with Crippen molar-refractivity contribution in [3.05, 3.63) is 30.1 Å². The number of pyridine rings is 1. The highest BCUT2D eigenvalue weighted by molar-refractivity contribution is 7.90. The molecule has 1 heterocycles. The van der Waals surface area contributed by atoms with Gasteiger partial charge in [-0.15, -0.1) is 0 Å². The van der Waals surface area contributed by atoms with Crippen LogP contribution in [0, 0.1) is 0 Å². The SMILES string of the molecule is O=S(=O)(NCc1ccncc1)C1CC1. The van der Waals surface area contributed by atoms with E-state index in [1.165, 1.54) is 0 Å². The molecule has 0 aromatic carbocycles. The molecule has 1 aliphatic carbocycles. The number of sulfonamides is 1. The average molecular weight is 212 g/mol. The molecule has 5 heteroatoms. The van der Waals surface area contributed by atoms with Crippen LogP contribution in [0.1, 0.15) is 18.4 Å². The Bertz CT molecular complexity index is 398. The highest BCUT2D eigenvalue weighted by atomic mass is 32.2. The van der Waals surface area contributed by atoms with E-state index in [2.05, 4.69) is 9.71 Å². The molecule has 1 N–H and O–H groups in total. The standard InChI is InChI=1S/C9H12N2O2S/c12-14(13,9-1-2-9)11-7-8-3-5-10-6-4-8/h3-6,9,11H,1-2,7H2. The minimum Gasteiger partial charge on any atom is -0.265 e. The third-order valence-electron chi connectivity index (χ3n) is 2.19. The number of hydrogen-bond acceptors (Lipinski definition) is 3. The lowest BCUT2D eigenvalue weighted by Gasteiger charge is -2.04. The zero-order valence-electron chi connectivity index (χ0n) is 7.68. The molecular weight excluding hydrogens is 200 g/mol. The fraction of sp³-hybridized carbons (Fsp3) is 0.444. The monoisotopic (exact) mass is 212 g/mol. The summed E-state index contributed by atoms with van der Waals surface area (Å²) in [7, 11) is -3.06. The fourth-order valence-electron chi connectivity index (χ4n) is 1.18. The number of rotatable bonds is 4. The minimum absolute atomic E-state index is 0.149. The summed E-state index contributed by atoms with van der Waals surface area (Å²) in [6, 6.07) is 3.60. The van der Waals surface area contributed by atoms with Gasteiger partial charge in [-0.05, 0) is 30.5 Å². The van der Waals surface area contributed by atoms with Gasteiger partial charge >= 0.3 is 0 Å². The van der Waals surface area contributed by atoms with E-state index < -0.39 is 10.0 Å².